The SMILES string of the molecule is CCOc1ccccc1OC(=O)c1ccc(C)nc1. The number of pyridine rings is 1. The molecule has 4 nitrogen and oxygen atoms in total. The van der Waals surface area contributed by atoms with Crippen molar-refractivity contribution in [1.29, 1.82) is 0 Å². The molecule has 2 rings (SSSR count). The fourth-order valence-corrected chi connectivity index (χ4v) is 1.56. The van der Waals surface area contributed by atoms with Gasteiger partial charge in [-0.05, 0) is 38.1 Å². The summed E-state index contributed by atoms with van der Waals surface area (Å²) in [5.41, 5.74) is 1.27. The second kappa shape index (κ2) is 6.00. The average Bonchev–Trinajstić information content (AvgIpc) is 2.42. The largest absolute Gasteiger partial charge is 0.490 e. The van der Waals surface area contributed by atoms with Crippen molar-refractivity contribution in [2.75, 3.05) is 6.61 Å². The second-order valence-corrected chi connectivity index (χ2v) is 3.96. The average molecular weight is 257 g/mol. The fourth-order valence-electron chi connectivity index (χ4n) is 1.56. The second-order valence-electron chi connectivity index (χ2n) is 3.96. The molecule has 0 saturated heterocycles. The topological polar surface area (TPSA) is 48.4 Å². The molecule has 0 atom stereocenters. The van der Waals surface area contributed by atoms with E-state index in [1.165, 1.54) is 6.20 Å². The van der Waals surface area contributed by atoms with Gasteiger partial charge in [-0.25, -0.2) is 4.79 Å². The zero-order chi connectivity index (χ0) is 13.7. The van der Waals surface area contributed by atoms with Crippen LogP contribution in [0, 0.1) is 6.92 Å². The lowest BCUT2D eigenvalue weighted by Gasteiger charge is -2.09. The van der Waals surface area contributed by atoms with Crippen LogP contribution in [0.15, 0.2) is 42.6 Å². The standard InChI is InChI=1S/C15H15NO3/c1-3-18-13-6-4-5-7-14(13)19-15(17)12-9-8-11(2)16-10-12/h4-10H,3H2,1-2H3. The number of carbonyl (C=O) groups excluding carboxylic acids is 1. The predicted octanol–water partition coefficient (Wildman–Crippen LogP) is 3.01. The Labute approximate surface area is 112 Å². The molecule has 2 aromatic rings. The van der Waals surface area contributed by atoms with Crippen molar-refractivity contribution in [3.8, 4) is 11.5 Å². The van der Waals surface area contributed by atoms with Crippen molar-refractivity contribution in [1.82, 2.24) is 4.98 Å². The van der Waals surface area contributed by atoms with Crippen LogP contribution in [-0.2, 0) is 0 Å². The Balaban J connectivity index is 2.16. The maximum Gasteiger partial charge on any atom is 0.345 e. The molecule has 1 heterocycles. The molecule has 0 radical (unpaired) electrons. The van der Waals surface area contributed by atoms with Gasteiger partial charge in [-0.15, -0.1) is 0 Å². The molecule has 1 aromatic heterocycles. The van der Waals surface area contributed by atoms with Crippen LogP contribution in [0.2, 0.25) is 0 Å². The van der Waals surface area contributed by atoms with Gasteiger partial charge in [0.05, 0.1) is 12.2 Å². The molecular weight excluding hydrogens is 242 g/mol. The summed E-state index contributed by atoms with van der Waals surface area (Å²) < 4.78 is 10.7. The van der Waals surface area contributed by atoms with Crippen LogP contribution < -0.4 is 9.47 Å². The number of benzene rings is 1. The summed E-state index contributed by atoms with van der Waals surface area (Å²) in [5, 5.41) is 0. The third kappa shape index (κ3) is 3.31. The highest BCUT2D eigenvalue weighted by Gasteiger charge is 2.12. The molecule has 0 amide bonds. The molecule has 4 heteroatoms. The molecule has 19 heavy (non-hydrogen) atoms. The van der Waals surface area contributed by atoms with Gasteiger partial charge >= 0.3 is 5.97 Å². The van der Waals surface area contributed by atoms with E-state index in [1.54, 1.807) is 30.3 Å². The van der Waals surface area contributed by atoms with Crippen molar-refractivity contribution >= 4 is 5.97 Å². The lowest BCUT2D eigenvalue weighted by molar-refractivity contribution is 0.0728. The van der Waals surface area contributed by atoms with Crippen LogP contribution in [0.25, 0.3) is 0 Å². The molecule has 0 aliphatic rings. The van der Waals surface area contributed by atoms with E-state index in [0.717, 1.165) is 5.69 Å². The normalized spacial score (nSPS) is 10.0. The van der Waals surface area contributed by atoms with Crippen molar-refractivity contribution in [3.63, 3.8) is 0 Å². The highest BCUT2D eigenvalue weighted by molar-refractivity contribution is 5.91. The van der Waals surface area contributed by atoms with E-state index in [-0.39, 0.29) is 0 Å². The van der Waals surface area contributed by atoms with Gasteiger partial charge in [0, 0.05) is 11.9 Å². The Hall–Kier alpha value is -2.36. The van der Waals surface area contributed by atoms with Gasteiger partial charge in [-0.3, -0.25) is 4.98 Å². The van der Waals surface area contributed by atoms with Gasteiger partial charge in [-0.2, -0.15) is 0 Å². The minimum Gasteiger partial charge on any atom is -0.490 e. The first-order valence-electron chi connectivity index (χ1n) is 6.07. The van der Waals surface area contributed by atoms with Crippen LogP contribution in [0.5, 0.6) is 11.5 Å². The Bertz CT molecular complexity index is 564. The Morgan fingerprint density at radius 2 is 1.89 bits per heavy atom. The van der Waals surface area contributed by atoms with Crippen LogP contribution in [0.1, 0.15) is 23.0 Å². The van der Waals surface area contributed by atoms with Crippen molar-refractivity contribution in [3.05, 3.63) is 53.9 Å². The molecule has 0 aliphatic carbocycles. The van der Waals surface area contributed by atoms with Gasteiger partial charge in [-0.1, -0.05) is 12.1 Å². The number of ether oxygens (including phenoxy) is 2. The minimum atomic E-state index is -0.445. The summed E-state index contributed by atoms with van der Waals surface area (Å²) in [6, 6.07) is 10.5. The van der Waals surface area contributed by atoms with Gasteiger partial charge in [0.15, 0.2) is 11.5 Å². The minimum absolute atomic E-state index is 0.412. The number of hydrogen-bond donors (Lipinski definition) is 0. The Morgan fingerprint density at radius 3 is 2.53 bits per heavy atom. The number of aromatic nitrogens is 1. The molecule has 0 saturated carbocycles. The zero-order valence-electron chi connectivity index (χ0n) is 10.9. The maximum absolute atomic E-state index is 12.0. The quantitative estimate of drug-likeness (QED) is 0.624. The van der Waals surface area contributed by atoms with Gasteiger partial charge < -0.3 is 9.47 Å². The first kappa shape index (κ1) is 13.1. The lowest BCUT2D eigenvalue weighted by atomic mass is 10.2. The number of hydrogen-bond acceptors (Lipinski definition) is 4. The summed E-state index contributed by atoms with van der Waals surface area (Å²) >= 11 is 0. The van der Waals surface area contributed by atoms with Crippen LogP contribution in [-0.4, -0.2) is 17.6 Å². The van der Waals surface area contributed by atoms with E-state index >= 15 is 0 Å². The van der Waals surface area contributed by atoms with Gasteiger partial charge in [0.2, 0.25) is 0 Å². The number of aryl methyl sites for hydroxylation is 1. The molecule has 0 aliphatic heterocycles. The maximum atomic E-state index is 12.0. The lowest BCUT2D eigenvalue weighted by Crippen LogP contribution is -2.10. The van der Waals surface area contributed by atoms with Crippen LogP contribution >= 0.6 is 0 Å². The zero-order valence-corrected chi connectivity index (χ0v) is 10.9. The highest BCUT2D eigenvalue weighted by atomic mass is 16.6. The summed E-state index contributed by atoms with van der Waals surface area (Å²) in [6.45, 7) is 4.25. The molecule has 0 bridgehead atoms. The molecule has 0 fully saturated rings. The molecule has 0 spiro atoms. The summed E-state index contributed by atoms with van der Waals surface area (Å²) in [4.78, 5) is 16.0. The fraction of sp³-hybridized carbons (Fsp3) is 0.200. The van der Waals surface area contributed by atoms with Crippen molar-refractivity contribution in [2.24, 2.45) is 0 Å². The van der Waals surface area contributed by atoms with Gasteiger partial charge in [0.25, 0.3) is 0 Å². The van der Waals surface area contributed by atoms with Crippen LogP contribution in [0.4, 0.5) is 0 Å². The first-order valence-corrected chi connectivity index (χ1v) is 6.07. The van der Waals surface area contributed by atoms with E-state index in [2.05, 4.69) is 4.98 Å². The van der Waals surface area contributed by atoms with Gasteiger partial charge in [0.1, 0.15) is 0 Å². The third-order valence-electron chi connectivity index (χ3n) is 2.50. The highest BCUT2D eigenvalue weighted by Crippen LogP contribution is 2.27. The molecular formula is C15H15NO3. The number of nitrogens with zero attached hydrogens (tertiary/aromatic N) is 1. The number of esters is 1. The summed E-state index contributed by atoms with van der Waals surface area (Å²) in [6.07, 6.45) is 1.50. The van der Waals surface area contributed by atoms with E-state index in [1.807, 2.05) is 19.9 Å². The predicted molar refractivity (Wildman–Crippen MR) is 71.5 cm³/mol. The Morgan fingerprint density at radius 1 is 1.16 bits per heavy atom. The summed E-state index contributed by atoms with van der Waals surface area (Å²) in [5.74, 6) is 0.521. The van der Waals surface area contributed by atoms with Crippen molar-refractivity contribution < 1.29 is 14.3 Å². The number of carbonyl (C=O) groups is 1. The van der Waals surface area contributed by atoms with Crippen LogP contribution in [0.3, 0.4) is 0 Å². The van der Waals surface area contributed by atoms with E-state index in [0.29, 0.717) is 23.7 Å². The monoisotopic (exact) mass is 257 g/mol. The Kier molecular flexibility index (Phi) is 4.13. The third-order valence-corrected chi connectivity index (χ3v) is 2.50. The molecule has 1 aromatic carbocycles. The van der Waals surface area contributed by atoms with E-state index in [9.17, 15) is 4.79 Å². The van der Waals surface area contributed by atoms with E-state index < -0.39 is 5.97 Å². The first-order chi connectivity index (χ1) is 9.20. The summed E-state index contributed by atoms with van der Waals surface area (Å²) in [7, 11) is 0. The van der Waals surface area contributed by atoms with E-state index in [4.69, 9.17) is 9.47 Å². The smallest absolute Gasteiger partial charge is 0.345 e. The molecule has 0 N–H and O–H groups in total. The number of rotatable bonds is 4. The van der Waals surface area contributed by atoms with Crippen molar-refractivity contribution in [2.45, 2.75) is 13.8 Å². The molecule has 0 unspecified atom stereocenters. The number of para-hydroxylation sites is 2. The molecule has 98 valence electrons.